The van der Waals surface area contributed by atoms with Gasteiger partial charge in [0.1, 0.15) is 0 Å². The van der Waals surface area contributed by atoms with E-state index in [1.54, 1.807) is 0 Å². The first-order valence-electron chi connectivity index (χ1n) is 3.63. The zero-order chi connectivity index (χ0) is 15.2. The molecule has 3 nitrogen and oxygen atoms in total. The van der Waals surface area contributed by atoms with Crippen LogP contribution in [0.5, 0.6) is 0 Å². The van der Waals surface area contributed by atoms with Crippen LogP contribution in [0.25, 0.3) is 0 Å². The van der Waals surface area contributed by atoms with Gasteiger partial charge in [-0.25, -0.2) is 13.2 Å². The first-order chi connectivity index (χ1) is 7.60. The summed E-state index contributed by atoms with van der Waals surface area (Å²) in [5.41, 5.74) is 0. The van der Waals surface area contributed by atoms with Crippen molar-refractivity contribution < 1.29 is 52.5 Å². The Morgan fingerprint density at radius 3 is 1.44 bits per heavy atom. The SMILES string of the molecule is O=S(=O)(O)C(F)(F)C(F)(F)C(F)(F)C(F)C(F)F. The van der Waals surface area contributed by atoms with Crippen LogP contribution in [0.3, 0.4) is 0 Å². The fraction of sp³-hybridized carbons (Fsp3) is 1.00. The first-order valence-corrected chi connectivity index (χ1v) is 5.07. The molecule has 0 saturated carbocycles. The molecule has 110 valence electrons. The second-order valence-electron chi connectivity index (χ2n) is 2.93. The van der Waals surface area contributed by atoms with Gasteiger partial charge in [0, 0.05) is 0 Å². The molecule has 0 aliphatic rings. The van der Waals surface area contributed by atoms with Crippen molar-refractivity contribution in [3.05, 3.63) is 0 Å². The van der Waals surface area contributed by atoms with Crippen LogP contribution in [-0.4, -0.2) is 42.7 Å². The predicted octanol–water partition coefficient (Wildman–Crippen LogP) is 2.34. The molecule has 0 aromatic heterocycles. The molecule has 1 N–H and O–H groups in total. The minimum absolute atomic E-state index is 4.77. The van der Waals surface area contributed by atoms with E-state index in [-0.39, 0.29) is 0 Å². The average molecular weight is 314 g/mol. The molecule has 18 heavy (non-hydrogen) atoms. The highest BCUT2D eigenvalue weighted by Gasteiger charge is 2.80. The van der Waals surface area contributed by atoms with Crippen molar-refractivity contribution in [2.24, 2.45) is 0 Å². The number of halogens is 9. The van der Waals surface area contributed by atoms with Gasteiger partial charge in [-0.2, -0.15) is 34.8 Å². The van der Waals surface area contributed by atoms with Crippen molar-refractivity contribution >= 4 is 10.1 Å². The molecule has 0 spiro atoms. The summed E-state index contributed by atoms with van der Waals surface area (Å²) in [6.07, 6.45) is -9.83. The van der Waals surface area contributed by atoms with E-state index in [0.717, 1.165) is 0 Å². The third-order valence-electron chi connectivity index (χ3n) is 1.68. The fourth-order valence-corrected chi connectivity index (χ4v) is 1.15. The molecular formula is C5H3F9O3S. The first kappa shape index (κ1) is 17.3. The minimum atomic E-state index is -7.08. The monoisotopic (exact) mass is 314 g/mol. The summed E-state index contributed by atoms with van der Waals surface area (Å²) in [5, 5.41) is -6.84. The van der Waals surface area contributed by atoms with Gasteiger partial charge in [0.05, 0.1) is 0 Å². The van der Waals surface area contributed by atoms with E-state index in [9.17, 15) is 47.9 Å². The highest BCUT2D eigenvalue weighted by molar-refractivity contribution is 7.87. The molecule has 0 fully saturated rings. The van der Waals surface area contributed by atoms with Crippen LogP contribution in [0.4, 0.5) is 39.5 Å². The highest BCUT2D eigenvalue weighted by Crippen LogP contribution is 2.51. The maximum absolute atomic E-state index is 12.5. The van der Waals surface area contributed by atoms with Gasteiger partial charge in [-0.05, 0) is 0 Å². The topological polar surface area (TPSA) is 54.4 Å². The number of rotatable bonds is 5. The summed E-state index contributed by atoms with van der Waals surface area (Å²) in [6.45, 7) is 0. The van der Waals surface area contributed by atoms with Gasteiger partial charge in [0.15, 0.2) is 0 Å². The summed E-state index contributed by atoms with van der Waals surface area (Å²) in [7, 11) is -7.08. The Morgan fingerprint density at radius 1 is 0.889 bits per heavy atom. The van der Waals surface area contributed by atoms with Crippen molar-refractivity contribution in [1.82, 2.24) is 0 Å². The third-order valence-corrected chi connectivity index (χ3v) is 2.58. The van der Waals surface area contributed by atoms with Gasteiger partial charge in [-0.3, -0.25) is 4.55 Å². The lowest BCUT2D eigenvalue weighted by atomic mass is 10.1. The molecule has 13 heteroatoms. The standard InChI is InChI=1S/C5H3F9O3S/c6-1(2(7)8)3(9,10)4(11,12)5(13,14)18(15,16)17/h1-2H,(H,15,16,17). The second-order valence-corrected chi connectivity index (χ2v) is 4.39. The van der Waals surface area contributed by atoms with Crippen LogP contribution in [-0.2, 0) is 10.1 Å². The van der Waals surface area contributed by atoms with Gasteiger partial charge in [-0.1, -0.05) is 0 Å². The molecular weight excluding hydrogens is 311 g/mol. The van der Waals surface area contributed by atoms with E-state index in [1.165, 1.54) is 0 Å². The normalized spacial score (nSPS) is 17.1. The van der Waals surface area contributed by atoms with E-state index in [2.05, 4.69) is 0 Å². The zero-order valence-corrected chi connectivity index (χ0v) is 8.54. The van der Waals surface area contributed by atoms with Gasteiger partial charge in [-0.15, -0.1) is 0 Å². The van der Waals surface area contributed by atoms with Crippen LogP contribution >= 0.6 is 0 Å². The summed E-state index contributed by atoms with van der Waals surface area (Å²) in [5.74, 6) is -13.8. The van der Waals surface area contributed by atoms with Gasteiger partial charge in [0.25, 0.3) is 6.43 Å². The van der Waals surface area contributed by atoms with E-state index in [4.69, 9.17) is 4.55 Å². The van der Waals surface area contributed by atoms with E-state index < -0.39 is 39.8 Å². The Labute approximate surface area is 93.3 Å². The molecule has 0 aliphatic heterocycles. The van der Waals surface area contributed by atoms with E-state index in [0.29, 0.717) is 0 Å². The maximum Gasteiger partial charge on any atom is 0.438 e. The molecule has 0 amide bonds. The number of alkyl halides is 9. The predicted molar refractivity (Wildman–Crippen MR) is 37.3 cm³/mol. The van der Waals surface area contributed by atoms with Gasteiger partial charge < -0.3 is 0 Å². The van der Waals surface area contributed by atoms with Crippen LogP contribution in [0.15, 0.2) is 0 Å². The molecule has 0 saturated heterocycles. The average Bonchev–Trinajstić information content (AvgIpc) is 2.13. The van der Waals surface area contributed by atoms with E-state index >= 15 is 0 Å². The summed E-state index contributed by atoms with van der Waals surface area (Å²) >= 11 is 0. The summed E-state index contributed by atoms with van der Waals surface area (Å²) < 4.78 is 137. The van der Waals surface area contributed by atoms with Crippen molar-refractivity contribution in [3.63, 3.8) is 0 Å². The fourth-order valence-electron chi connectivity index (χ4n) is 0.687. The molecule has 1 unspecified atom stereocenters. The van der Waals surface area contributed by atoms with Crippen LogP contribution in [0.1, 0.15) is 0 Å². The van der Waals surface area contributed by atoms with E-state index in [1.807, 2.05) is 0 Å². The minimum Gasteiger partial charge on any atom is -0.281 e. The van der Waals surface area contributed by atoms with Gasteiger partial charge >= 0.3 is 27.2 Å². The number of hydrogen-bond donors (Lipinski definition) is 1. The zero-order valence-electron chi connectivity index (χ0n) is 7.73. The lowest BCUT2D eigenvalue weighted by Gasteiger charge is -2.32. The molecule has 1 atom stereocenters. The lowest BCUT2D eigenvalue weighted by Crippen LogP contribution is -2.62. The largest absolute Gasteiger partial charge is 0.438 e. The Bertz CT molecular complexity index is 402. The molecule has 0 radical (unpaired) electrons. The van der Waals surface area contributed by atoms with Crippen molar-refractivity contribution in [2.75, 3.05) is 0 Å². The molecule has 0 bridgehead atoms. The van der Waals surface area contributed by atoms with Crippen LogP contribution < -0.4 is 0 Å². The quantitative estimate of drug-likeness (QED) is 0.626. The van der Waals surface area contributed by atoms with Crippen molar-refractivity contribution in [3.8, 4) is 0 Å². The summed E-state index contributed by atoms with van der Waals surface area (Å²) in [6, 6.07) is 0. The summed E-state index contributed by atoms with van der Waals surface area (Å²) in [4.78, 5) is 0. The lowest BCUT2D eigenvalue weighted by molar-refractivity contribution is -0.310. The third kappa shape index (κ3) is 2.37. The van der Waals surface area contributed by atoms with Crippen LogP contribution in [0, 0.1) is 0 Å². The molecule has 0 aliphatic carbocycles. The Balaban J connectivity index is 5.79. The van der Waals surface area contributed by atoms with Crippen LogP contribution in [0.2, 0.25) is 0 Å². The maximum atomic E-state index is 12.5. The Hall–Kier alpha value is -0.720. The Kier molecular flexibility index (Phi) is 4.26. The number of hydrogen-bond acceptors (Lipinski definition) is 2. The van der Waals surface area contributed by atoms with Gasteiger partial charge in [0.2, 0.25) is 6.17 Å². The highest BCUT2D eigenvalue weighted by atomic mass is 32.2. The smallest absolute Gasteiger partial charge is 0.281 e. The van der Waals surface area contributed by atoms with Crippen molar-refractivity contribution in [1.29, 1.82) is 0 Å². The van der Waals surface area contributed by atoms with Crippen molar-refractivity contribution in [2.45, 2.75) is 29.7 Å². The molecule has 0 aromatic carbocycles. The molecule has 0 aromatic rings. The Morgan fingerprint density at radius 2 is 1.22 bits per heavy atom. The molecule has 0 heterocycles. The second kappa shape index (κ2) is 4.43. The molecule has 0 rings (SSSR count).